The van der Waals surface area contributed by atoms with Crippen LogP contribution in [0.5, 0.6) is 0 Å². The van der Waals surface area contributed by atoms with Gasteiger partial charge in [0.05, 0.1) is 12.0 Å². The molecule has 1 rings (SSSR count). The molecule has 0 aliphatic carbocycles. The Morgan fingerprint density at radius 3 is 2.44 bits per heavy atom. The number of hydrogen-bond donors (Lipinski definition) is 4. The Balaban J connectivity index is 2.67. The van der Waals surface area contributed by atoms with E-state index in [0.717, 1.165) is 0 Å². The predicted octanol–water partition coefficient (Wildman–Crippen LogP) is 0.128. The van der Waals surface area contributed by atoms with Gasteiger partial charge in [-0.1, -0.05) is 0 Å². The maximum Gasteiger partial charge on any atom is 0.183 e. The Hall–Kier alpha value is -2.15. The molecule has 7 heteroatoms. The van der Waals surface area contributed by atoms with Crippen molar-refractivity contribution in [3.63, 3.8) is 0 Å². The summed E-state index contributed by atoms with van der Waals surface area (Å²) in [6, 6.07) is 6.64. The molecule has 6 nitrogen and oxygen atoms in total. The molecule has 0 spiro atoms. The zero-order chi connectivity index (χ0) is 13.5. The third-order valence-corrected chi connectivity index (χ3v) is 3.09. The third-order valence-electron chi connectivity index (χ3n) is 1.97. The fourth-order valence-electron chi connectivity index (χ4n) is 1.03. The van der Waals surface area contributed by atoms with Crippen molar-refractivity contribution in [1.29, 1.82) is 0 Å². The van der Waals surface area contributed by atoms with Crippen molar-refractivity contribution in [2.24, 2.45) is 11.5 Å². The monoisotopic (exact) mass is 268 g/mol. The Labute approximate surface area is 108 Å². The van der Waals surface area contributed by atoms with E-state index >= 15 is 0 Å². The van der Waals surface area contributed by atoms with E-state index in [9.17, 15) is 4.21 Å². The molecule has 1 unspecified atom stereocenters. The summed E-state index contributed by atoms with van der Waals surface area (Å²) in [4.78, 5) is 0.573. The van der Waals surface area contributed by atoms with Gasteiger partial charge in [-0.15, -0.1) is 0 Å². The summed E-state index contributed by atoms with van der Waals surface area (Å²) >= 11 is 0. The van der Waals surface area contributed by atoms with E-state index in [1.807, 2.05) is 0 Å². The highest BCUT2D eigenvalue weighted by Gasteiger charge is 2.03. The maximum atomic E-state index is 11.8. The first-order chi connectivity index (χ1) is 8.52. The molecule has 1 aromatic carbocycles. The molecule has 0 aliphatic rings. The van der Waals surface area contributed by atoms with Crippen molar-refractivity contribution < 1.29 is 8.95 Å². The van der Waals surface area contributed by atoms with Gasteiger partial charge in [-0.3, -0.25) is 4.72 Å². The van der Waals surface area contributed by atoms with Gasteiger partial charge in [0.1, 0.15) is 5.82 Å². The van der Waals surface area contributed by atoms with Crippen molar-refractivity contribution in [2.75, 3.05) is 12.8 Å². The van der Waals surface area contributed by atoms with Crippen LogP contribution in [0.1, 0.15) is 0 Å². The smallest absolute Gasteiger partial charge is 0.183 e. The summed E-state index contributed by atoms with van der Waals surface area (Å²) in [6.45, 7) is 0. The van der Waals surface area contributed by atoms with Crippen LogP contribution < -0.4 is 21.9 Å². The molecule has 1 atom stereocenters. The summed E-state index contributed by atoms with van der Waals surface area (Å²) in [5.74, 6) is 0.420. The standard InChI is InChI=1S/C11H16N4O2S/c1-17-11(14)7-6-10(13)15-18(16)9-4-2-8(12)3-5-9/h2-7,15H,12-14H2,1H3/b10-6+,11-7+. The number of nitrogens with two attached hydrogens (primary N) is 3. The highest BCUT2D eigenvalue weighted by Crippen LogP contribution is 2.08. The lowest BCUT2D eigenvalue weighted by atomic mass is 10.3. The van der Waals surface area contributed by atoms with Crippen LogP contribution in [0.25, 0.3) is 0 Å². The van der Waals surface area contributed by atoms with E-state index in [2.05, 4.69) is 4.72 Å². The highest BCUT2D eigenvalue weighted by atomic mass is 32.2. The van der Waals surface area contributed by atoms with Gasteiger partial charge in [0.15, 0.2) is 16.9 Å². The SMILES string of the molecule is CO/C(N)=C/C=C(\N)NS(=O)c1ccc(N)cc1. The molecule has 0 heterocycles. The maximum absolute atomic E-state index is 11.8. The average Bonchev–Trinajstić information content (AvgIpc) is 2.36. The Kier molecular flexibility index (Phi) is 5.06. The summed E-state index contributed by atoms with van der Waals surface area (Å²) in [7, 11) is -0.00787. The van der Waals surface area contributed by atoms with Crippen LogP contribution in [0.15, 0.2) is 53.0 Å². The van der Waals surface area contributed by atoms with Crippen LogP contribution >= 0.6 is 0 Å². The van der Waals surface area contributed by atoms with E-state index in [1.165, 1.54) is 19.3 Å². The molecule has 18 heavy (non-hydrogen) atoms. The second kappa shape index (κ2) is 6.55. The number of allylic oxidation sites excluding steroid dienone is 2. The first-order valence-electron chi connectivity index (χ1n) is 5.04. The molecule has 0 radical (unpaired) electrons. The van der Waals surface area contributed by atoms with Crippen LogP contribution in [-0.2, 0) is 15.7 Å². The molecule has 0 aliphatic heterocycles. The second-order valence-corrected chi connectivity index (χ2v) is 4.55. The molecule has 7 N–H and O–H groups in total. The van der Waals surface area contributed by atoms with Gasteiger partial charge in [-0.2, -0.15) is 0 Å². The van der Waals surface area contributed by atoms with Gasteiger partial charge in [-0.25, -0.2) is 4.21 Å². The Morgan fingerprint density at radius 2 is 1.89 bits per heavy atom. The van der Waals surface area contributed by atoms with Gasteiger partial charge in [-0.05, 0) is 30.3 Å². The van der Waals surface area contributed by atoms with Crippen LogP contribution in [-0.4, -0.2) is 11.3 Å². The number of hydrogen-bond acceptors (Lipinski definition) is 5. The molecule has 98 valence electrons. The molecular formula is C11H16N4O2S. The minimum absolute atomic E-state index is 0.206. The number of rotatable bonds is 5. The minimum Gasteiger partial charge on any atom is -0.483 e. The van der Waals surface area contributed by atoms with Gasteiger partial charge in [0.25, 0.3) is 0 Å². The first-order valence-corrected chi connectivity index (χ1v) is 6.19. The van der Waals surface area contributed by atoms with Gasteiger partial charge < -0.3 is 21.9 Å². The fourth-order valence-corrected chi connectivity index (χ4v) is 1.81. The van der Waals surface area contributed by atoms with Crippen LogP contribution in [0.2, 0.25) is 0 Å². The van der Waals surface area contributed by atoms with E-state index in [4.69, 9.17) is 21.9 Å². The number of ether oxygens (including phenoxy) is 1. The van der Waals surface area contributed by atoms with Crippen LogP contribution in [0.4, 0.5) is 5.69 Å². The van der Waals surface area contributed by atoms with Crippen molar-refractivity contribution >= 4 is 16.7 Å². The van der Waals surface area contributed by atoms with Gasteiger partial charge in [0, 0.05) is 11.8 Å². The molecular weight excluding hydrogens is 252 g/mol. The van der Waals surface area contributed by atoms with E-state index in [1.54, 1.807) is 24.3 Å². The van der Waals surface area contributed by atoms with Crippen molar-refractivity contribution in [1.82, 2.24) is 4.72 Å². The molecule has 0 aromatic heterocycles. The molecule has 0 saturated carbocycles. The quantitative estimate of drug-likeness (QED) is 0.344. The predicted molar refractivity (Wildman–Crippen MR) is 71.9 cm³/mol. The van der Waals surface area contributed by atoms with Crippen LogP contribution in [0, 0.1) is 0 Å². The number of methoxy groups -OCH3 is 1. The minimum atomic E-state index is -1.45. The van der Waals surface area contributed by atoms with Crippen molar-refractivity contribution in [3.8, 4) is 0 Å². The summed E-state index contributed by atoms with van der Waals surface area (Å²) in [5.41, 5.74) is 17.2. The molecule has 0 bridgehead atoms. The normalized spacial score (nSPS) is 14.1. The fraction of sp³-hybridized carbons (Fsp3) is 0.0909. The lowest BCUT2D eigenvalue weighted by Crippen LogP contribution is -2.22. The van der Waals surface area contributed by atoms with E-state index < -0.39 is 11.0 Å². The summed E-state index contributed by atoms with van der Waals surface area (Å²) < 4.78 is 19.2. The van der Waals surface area contributed by atoms with Crippen LogP contribution in [0.3, 0.4) is 0 Å². The average molecular weight is 268 g/mol. The molecule has 0 amide bonds. The van der Waals surface area contributed by atoms with Crippen molar-refractivity contribution in [2.45, 2.75) is 4.90 Å². The lowest BCUT2D eigenvalue weighted by molar-refractivity contribution is 0.287. The molecule has 1 aromatic rings. The summed E-state index contributed by atoms with van der Waals surface area (Å²) in [5, 5.41) is 0. The Bertz CT molecular complexity index is 482. The van der Waals surface area contributed by atoms with E-state index in [0.29, 0.717) is 10.6 Å². The van der Waals surface area contributed by atoms with Gasteiger partial charge >= 0.3 is 0 Å². The first kappa shape index (κ1) is 13.9. The van der Waals surface area contributed by atoms with E-state index in [-0.39, 0.29) is 11.7 Å². The number of nitrogens with one attached hydrogen (secondary N) is 1. The Morgan fingerprint density at radius 1 is 1.28 bits per heavy atom. The number of benzene rings is 1. The topological polar surface area (TPSA) is 116 Å². The van der Waals surface area contributed by atoms with Crippen molar-refractivity contribution in [3.05, 3.63) is 48.1 Å². The van der Waals surface area contributed by atoms with Gasteiger partial charge in [0.2, 0.25) is 0 Å². The zero-order valence-corrected chi connectivity index (χ0v) is 10.7. The largest absolute Gasteiger partial charge is 0.483 e. The number of nitrogen functional groups attached to an aromatic ring is 1. The lowest BCUT2D eigenvalue weighted by Gasteiger charge is -2.05. The molecule has 0 saturated heterocycles. The zero-order valence-electron chi connectivity index (χ0n) is 9.92. The number of anilines is 1. The third kappa shape index (κ3) is 4.38. The summed E-state index contributed by atoms with van der Waals surface area (Å²) in [6.07, 6.45) is 2.93. The second-order valence-electron chi connectivity index (χ2n) is 3.33. The highest BCUT2D eigenvalue weighted by molar-refractivity contribution is 7.83. The molecule has 0 fully saturated rings.